The smallest absolute Gasteiger partial charge is 0 e. The van der Waals surface area contributed by atoms with E-state index in [0.717, 1.165) is 6.42 Å². The molecule has 0 spiro atoms. The van der Waals surface area contributed by atoms with Gasteiger partial charge in [0.15, 0.2) is 0 Å². The van der Waals surface area contributed by atoms with Crippen LogP contribution in [-0.4, -0.2) is 6.54 Å². The number of hydrogen-bond acceptors (Lipinski definition) is 0. The predicted molar refractivity (Wildman–Crippen MR) is 33.3 cm³/mol. The first-order valence-corrected chi connectivity index (χ1v) is 3.06. The quantitative estimate of drug-likeness (QED) is 0.553. The van der Waals surface area contributed by atoms with E-state index in [1.165, 1.54) is 19.3 Å². The molecule has 0 amide bonds. The van der Waals surface area contributed by atoms with E-state index in [-0.39, 0.29) is 17.4 Å². The van der Waals surface area contributed by atoms with Gasteiger partial charge in [0.2, 0.25) is 0 Å². The largest absolute Gasteiger partial charge is 0.677 e. The topological polar surface area (TPSA) is 23.8 Å². The van der Waals surface area contributed by atoms with E-state index in [1.807, 2.05) is 0 Å². The summed E-state index contributed by atoms with van der Waals surface area (Å²) in [5.74, 6) is 0. The van der Waals surface area contributed by atoms with Gasteiger partial charge in [0.25, 0.3) is 0 Å². The summed E-state index contributed by atoms with van der Waals surface area (Å²) >= 11 is 0. The minimum absolute atomic E-state index is 0. The molecule has 0 aromatic rings. The van der Waals surface area contributed by atoms with Crippen molar-refractivity contribution >= 4 is 0 Å². The third-order valence-electron chi connectivity index (χ3n) is 1.03. The molecule has 0 atom stereocenters. The van der Waals surface area contributed by atoms with Crippen LogP contribution in [0, 0.1) is 0 Å². The van der Waals surface area contributed by atoms with Crippen LogP contribution in [0.1, 0.15) is 32.6 Å². The summed E-state index contributed by atoms with van der Waals surface area (Å²) in [6.07, 6.45) is 4.92. The second-order valence-corrected chi connectivity index (χ2v) is 1.81. The van der Waals surface area contributed by atoms with Crippen molar-refractivity contribution in [3.8, 4) is 0 Å². The summed E-state index contributed by atoms with van der Waals surface area (Å²) < 4.78 is 0. The molecule has 0 aliphatic rings. The first kappa shape index (κ1) is 11.3. The molecular weight excluding hydrogens is 138 g/mol. The molecule has 0 aromatic heterocycles. The van der Waals surface area contributed by atoms with E-state index in [1.54, 1.807) is 0 Å². The Hall–Kier alpha value is 0.492. The van der Waals surface area contributed by atoms with Gasteiger partial charge >= 0.3 is 0 Å². The summed E-state index contributed by atoms with van der Waals surface area (Å²) in [7, 11) is 0. The van der Waals surface area contributed by atoms with Crippen molar-refractivity contribution in [1.82, 2.24) is 0 Å². The summed E-state index contributed by atoms with van der Waals surface area (Å²) in [6, 6.07) is 0. The van der Waals surface area contributed by atoms with Crippen LogP contribution in [0.4, 0.5) is 0 Å². The minimum atomic E-state index is 0. The zero-order valence-electron chi connectivity index (χ0n) is 5.44. The molecule has 0 aromatic carbocycles. The van der Waals surface area contributed by atoms with Gasteiger partial charge in [-0.1, -0.05) is 32.6 Å². The Morgan fingerprint density at radius 1 is 1.12 bits per heavy atom. The van der Waals surface area contributed by atoms with Gasteiger partial charge in [-0.15, -0.1) is 0 Å². The van der Waals surface area contributed by atoms with E-state index in [4.69, 9.17) is 5.73 Å². The maximum Gasteiger partial charge on any atom is 0 e. The van der Waals surface area contributed by atoms with Gasteiger partial charge in [0.05, 0.1) is 0 Å². The van der Waals surface area contributed by atoms with Crippen molar-refractivity contribution < 1.29 is 17.4 Å². The number of nitrogens with one attached hydrogen (secondary N) is 1. The fourth-order valence-corrected chi connectivity index (χ4v) is 0.552. The molecule has 1 nitrogen and oxygen atoms in total. The molecule has 0 fully saturated rings. The molecule has 50 valence electrons. The monoisotopic (exact) mass is 152 g/mol. The average molecular weight is 152 g/mol. The maximum atomic E-state index is 6.78. The van der Waals surface area contributed by atoms with Gasteiger partial charge in [-0.05, 0) is 0 Å². The van der Waals surface area contributed by atoms with E-state index in [2.05, 4.69) is 6.92 Å². The van der Waals surface area contributed by atoms with Crippen molar-refractivity contribution in [1.29, 1.82) is 0 Å². The Morgan fingerprint density at radius 3 is 2.12 bits per heavy atom. The molecule has 8 heavy (non-hydrogen) atoms. The fourth-order valence-electron chi connectivity index (χ4n) is 0.552. The van der Waals surface area contributed by atoms with Crippen molar-refractivity contribution in [2.45, 2.75) is 32.6 Å². The first-order chi connectivity index (χ1) is 3.41. The van der Waals surface area contributed by atoms with Crippen molar-refractivity contribution in [2.24, 2.45) is 0 Å². The van der Waals surface area contributed by atoms with E-state index in [0.29, 0.717) is 6.54 Å². The van der Waals surface area contributed by atoms with Crippen LogP contribution < -0.4 is 0 Å². The first-order valence-electron chi connectivity index (χ1n) is 3.06. The Balaban J connectivity index is 0. The van der Waals surface area contributed by atoms with Crippen LogP contribution in [0.25, 0.3) is 5.73 Å². The molecule has 0 rings (SSSR count). The Kier molecular flexibility index (Phi) is 14.8. The standard InChI is InChI=1S/C6H14N.Cr/c1-2-3-4-5-6-7;/h7H,2-6H2,1H3;/q-1;. The van der Waals surface area contributed by atoms with Crippen LogP contribution in [0.15, 0.2) is 0 Å². The summed E-state index contributed by atoms with van der Waals surface area (Å²) in [4.78, 5) is 0. The molecule has 0 heterocycles. The van der Waals surface area contributed by atoms with Gasteiger partial charge in [-0.25, -0.2) is 0 Å². The Labute approximate surface area is 62.8 Å². The van der Waals surface area contributed by atoms with Crippen LogP contribution >= 0.6 is 0 Å². The molecule has 0 radical (unpaired) electrons. The maximum absolute atomic E-state index is 6.78. The van der Waals surface area contributed by atoms with Crippen LogP contribution in [0.3, 0.4) is 0 Å². The van der Waals surface area contributed by atoms with Crippen molar-refractivity contribution in [2.75, 3.05) is 6.54 Å². The van der Waals surface area contributed by atoms with Crippen molar-refractivity contribution in [3.63, 3.8) is 0 Å². The van der Waals surface area contributed by atoms with Gasteiger partial charge in [0, 0.05) is 17.4 Å². The fraction of sp³-hybridized carbons (Fsp3) is 1.00. The molecular formula is C6H14CrN-. The second kappa shape index (κ2) is 10.5. The summed E-state index contributed by atoms with van der Waals surface area (Å²) in [6.45, 7) is 2.80. The van der Waals surface area contributed by atoms with E-state index >= 15 is 0 Å². The zero-order valence-corrected chi connectivity index (χ0v) is 6.72. The van der Waals surface area contributed by atoms with Gasteiger partial charge in [-0.3, -0.25) is 0 Å². The second-order valence-electron chi connectivity index (χ2n) is 1.81. The minimum Gasteiger partial charge on any atom is -0.677 e. The van der Waals surface area contributed by atoms with Crippen molar-refractivity contribution in [3.05, 3.63) is 5.73 Å². The van der Waals surface area contributed by atoms with E-state index < -0.39 is 0 Å². The SMILES string of the molecule is CCCCCC[NH-].[Cr]. The molecule has 0 aliphatic carbocycles. The van der Waals surface area contributed by atoms with Gasteiger partial charge in [-0.2, -0.15) is 6.54 Å². The molecule has 0 saturated heterocycles. The van der Waals surface area contributed by atoms with Crippen LogP contribution in [0.5, 0.6) is 0 Å². The Morgan fingerprint density at radius 2 is 1.75 bits per heavy atom. The molecule has 2 heteroatoms. The van der Waals surface area contributed by atoms with Gasteiger partial charge in [0.1, 0.15) is 0 Å². The van der Waals surface area contributed by atoms with Crippen LogP contribution in [-0.2, 0) is 17.4 Å². The molecule has 0 saturated carbocycles. The predicted octanol–water partition coefficient (Wildman–Crippen LogP) is 2.62. The number of hydrogen-bond donors (Lipinski definition) is 0. The third kappa shape index (κ3) is 9.70. The Bertz CT molecular complexity index is 27.7. The average Bonchev–Trinajstić information content (AvgIpc) is 1.69. The summed E-state index contributed by atoms with van der Waals surface area (Å²) in [5.41, 5.74) is 6.78. The number of rotatable bonds is 4. The normalized spacial score (nSPS) is 8.25. The van der Waals surface area contributed by atoms with Crippen LogP contribution in [0.2, 0.25) is 0 Å². The molecule has 0 aliphatic heterocycles. The molecule has 0 unspecified atom stereocenters. The zero-order chi connectivity index (χ0) is 5.54. The third-order valence-corrected chi connectivity index (χ3v) is 1.03. The molecule has 1 N–H and O–H groups in total. The van der Waals surface area contributed by atoms with E-state index in [9.17, 15) is 0 Å². The molecule has 0 bridgehead atoms. The van der Waals surface area contributed by atoms with Gasteiger partial charge < -0.3 is 5.73 Å². The number of unbranched alkanes of at least 4 members (excludes halogenated alkanes) is 3. The summed E-state index contributed by atoms with van der Waals surface area (Å²) in [5, 5.41) is 0.